The summed E-state index contributed by atoms with van der Waals surface area (Å²) in [6, 6.07) is 17.9. The molecule has 0 saturated carbocycles. The molecular weight excluding hydrogens is 522 g/mol. The molecule has 7 nitrogen and oxygen atoms in total. The van der Waals surface area contributed by atoms with E-state index in [1.807, 2.05) is 63.3 Å². The summed E-state index contributed by atoms with van der Waals surface area (Å²) in [6.45, 7) is 10.6. The van der Waals surface area contributed by atoms with Crippen LogP contribution in [0.1, 0.15) is 26.3 Å². The topological polar surface area (TPSA) is 64.3 Å². The molecule has 1 amide bonds. The lowest BCUT2D eigenvalue weighted by atomic mass is 9.95. The Morgan fingerprint density at radius 3 is 2.48 bits per heavy atom. The zero-order valence-corrected chi connectivity index (χ0v) is 24.3. The number of carbonyl (C=O) groups is 1. The number of amidine groups is 1. The van der Waals surface area contributed by atoms with Crippen LogP contribution in [0.2, 0.25) is 5.02 Å². The average molecular weight is 558 g/mol. The smallest absolute Gasteiger partial charge is 0.260 e. The summed E-state index contributed by atoms with van der Waals surface area (Å²) in [5, 5.41) is 3.97. The number of benzene rings is 2. The number of rotatable bonds is 7. The Balaban J connectivity index is 1.35. The molecule has 1 fully saturated rings. The van der Waals surface area contributed by atoms with E-state index in [1.54, 1.807) is 11.2 Å². The number of nitrogens with zero attached hydrogens (tertiary/aromatic N) is 4. The number of piperazine rings is 1. The van der Waals surface area contributed by atoms with Crippen molar-refractivity contribution in [2.75, 3.05) is 50.0 Å². The van der Waals surface area contributed by atoms with E-state index < -0.39 is 0 Å². The van der Waals surface area contributed by atoms with Crippen LogP contribution in [0.5, 0.6) is 0 Å². The molecule has 1 atom stereocenters. The Kier molecular flexibility index (Phi) is 8.43. The van der Waals surface area contributed by atoms with E-state index in [0.29, 0.717) is 28.5 Å². The Morgan fingerprint density at radius 2 is 1.85 bits per heavy atom. The largest absolute Gasteiger partial charge is 0.464 e. The van der Waals surface area contributed by atoms with Crippen molar-refractivity contribution in [1.29, 1.82) is 0 Å². The monoisotopic (exact) mass is 557 g/mol. The summed E-state index contributed by atoms with van der Waals surface area (Å²) in [6.07, 6.45) is 5.25. The first-order chi connectivity index (χ1) is 19.4. The fraction of sp³-hybridized carbons (Fsp3) is 0.312. The first-order valence-corrected chi connectivity index (χ1v) is 14.2. The fourth-order valence-electron chi connectivity index (χ4n) is 5.14. The van der Waals surface area contributed by atoms with Crippen molar-refractivity contribution in [2.45, 2.75) is 26.9 Å². The Labute approximate surface area is 241 Å². The summed E-state index contributed by atoms with van der Waals surface area (Å²) in [7, 11) is 2.16. The number of furan rings is 1. The molecule has 8 heteroatoms. The third kappa shape index (κ3) is 5.86. The number of nitrogens with one attached hydrogen (secondary N) is 1. The van der Waals surface area contributed by atoms with Gasteiger partial charge in [-0.15, -0.1) is 0 Å². The second-order valence-electron chi connectivity index (χ2n) is 10.1. The van der Waals surface area contributed by atoms with E-state index in [2.05, 4.69) is 46.4 Å². The molecule has 3 heterocycles. The number of amides is 1. The fourth-order valence-corrected chi connectivity index (χ4v) is 5.42. The molecule has 5 rings (SSSR count). The van der Waals surface area contributed by atoms with Gasteiger partial charge in [-0.3, -0.25) is 9.69 Å². The van der Waals surface area contributed by atoms with E-state index in [4.69, 9.17) is 21.0 Å². The minimum absolute atomic E-state index is 0.122. The molecule has 1 N–H and O–H groups in total. The van der Waals surface area contributed by atoms with E-state index in [0.717, 1.165) is 48.8 Å². The van der Waals surface area contributed by atoms with E-state index >= 15 is 0 Å². The first-order valence-electron chi connectivity index (χ1n) is 13.8. The SMILES string of the molecule is C/C=C1/C=C(c2ccc(-c3ccco3)cc2Cl)C(=O)N(CC)C1=NC(C)Nc1ccc(N2CCN(C)CC2)cc1. The van der Waals surface area contributed by atoms with Gasteiger partial charge in [0.2, 0.25) is 0 Å². The van der Waals surface area contributed by atoms with Crippen molar-refractivity contribution in [1.82, 2.24) is 9.80 Å². The Hall–Kier alpha value is -3.81. The number of aliphatic imine (C=N–C) groups is 1. The van der Waals surface area contributed by atoms with Crippen LogP contribution in [-0.4, -0.2) is 67.5 Å². The highest BCUT2D eigenvalue weighted by Gasteiger charge is 2.31. The van der Waals surface area contributed by atoms with Crippen molar-refractivity contribution in [2.24, 2.45) is 4.99 Å². The van der Waals surface area contributed by atoms with Gasteiger partial charge in [0.1, 0.15) is 17.8 Å². The number of allylic oxidation sites excluding steroid dienone is 1. The van der Waals surface area contributed by atoms with E-state index in [1.165, 1.54) is 5.69 Å². The van der Waals surface area contributed by atoms with Crippen LogP contribution in [0.15, 0.2) is 88.0 Å². The lowest BCUT2D eigenvalue weighted by Crippen LogP contribution is -2.44. The molecule has 208 valence electrons. The minimum atomic E-state index is -0.243. The number of likely N-dealkylation sites (N-methyl/N-ethyl adjacent to an activating group) is 2. The van der Waals surface area contributed by atoms with E-state index in [9.17, 15) is 4.79 Å². The molecular formula is C32H36ClN5O2. The van der Waals surface area contributed by atoms with Gasteiger partial charge < -0.3 is 19.5 Å². The number of carbonyl (C=O) groups excluding carboxylic acids is 1. The third-order valence-corrected chi connectivity index (χ3v) is 7.72. The normalized spacial score (nSPS) is 19.3. The minimum Gasteiger partial charge on any atom is -0.464 e. The maximum Gasteiger partial charge on any atom is 0.260 e. The van der Waals surface area contributed by atoms with E-state index in [-0.39, 0.29) is 12.1 Å². The zero-order chi connectivity index (χ0) is 28.2. The Morgan fingerprint density at radius 1 is 1.10 bits per heavy atom. The quantitative estimate of drug-likeness (QED) is 0.364. The summed E-state index contributed by atoms with van der Waals surface area (Å²) in [5.74, 6) is 1.26. The predicted molar refractivity (Wildman–Crippen MR) is 165 cm³/mol. The van der Waals surface area contributed by atoms with Gasteiger partial charge in [-0.05, 0) is 76.4 Å². The average Bonchev–Trinajstić information content (AvgIpc) is 3.50. The Bertz CT molecular complexity index is 1430. The lowest BCUT2D eigenvalue weighted by Gasteiger charge is -2.34. The standard InChI is InChI=1S/C32H36ClN5O2/c1-5-23-20-28(27-14-9-24(21-29(27)33)30-8-7-19-40-30)32(39)38(6-2)31(23)35-22(3)34-25-10-12-26(13-11-25)37-17-15-36(4)16-18-37/h5,7-14,19-22,34H,6,15-18H2,1-4H3/b23-5-,35-31?. The van der Waals surface area contributed by atoms with Crippen LogP contribution in [0, 0.1) is 0 Å². The number of anilines is 2. The number of halogens is 1. The molecule has 0 spiro atoms. The van der Waals surface area contributed by atoms with Crippen LogP contribution in [0.4, 0.5) is 11.4 Å². The van der Waals surface area contributed by atoms with Crippen molar-refractivity contribution < 1.29 is 9.21 Å². The van der Waals surface area contributed by atoms with Crippen molar-refractivity contribution in [3.63, 3.8) is 0 Å². The second kappa shape index (κ2) is 12.1. The molecule has 1 saturated heterocycles. The first kappa shape index (κ1) is 27.7. The zero-order valence-electron chi connectivity index (χ0n) is 23.5. The molecule has 1 unspecified atom stereocenters. The van der Waals surface area contributed by atoms with Crippen molar-refractivity contribution >= 4 is 40.3 Å². The second-order valence-corrected chi connectivity index (χ2v) is 10.5. The van der Waals surface area contributed by atoms with Gasteiger partial charge >= 0.3 is 0 Å². The van der Waals surface area contributed by atoms with Gasteiger partial charge in [0.25, 0.3) is 5.91 Å². The highest BCUT2D eigenvalue weighted by molar-refractivity contribution is 6.37. The molecule has 2 aliphatic rings. The van der Waals surface area contributed by atoms with Crippen molar-refractivity contribution in [3.05, 3.63) is 89.2 Å². The molecule has 0 aliphatic carbocycles. The van der Waals surface area contributed by atoms with Crippen LogP contribution in [-0.2, 0) is 4.79 Å². The van der Waals surface area contributed by atoms with Gasteiger partial charge in [-0.2, -0.15) is 0 Å². The summed E-state index contributed by atoms with van der Waals surface area (Å²) in [5.41, 5.74) is 5.19. The van der Waals surface area contributed by atoms with Gasteiger partial charge in [-0.1, -0.05) is 29.8 Å². The van der Waals surface area contributed by atoms with Gasteiger partial charge in [0.05, 0.1) is 6.26 Å². The molecule has 3 aromatic rings. The molecule has 1 aromatic heterocycles. The summed E-state index contributed by atoms with van der Waals surface area (Å²) >= 11 is 6.69. The maximum atomic E-state index is 13.7. The van der Waals surface area contributed by atoms with Gasteiger partial charge in [-0.25, -0.2) is 4.99 Å². The predicted octanol–water partition coefficient (Wildman–Crippen LogP) is 6.40. The highest BCUT2D eigenvalue weighted by atomic mass is 35.5. The molecule has 0 bridgehead atoms. The highest BCUT2D eigenvalue weighted by Crippen LogP contribution is 2.34. The number of hydrogen-bond donors (Lipinski definition) is 1. The third-order valence-electron chi connectivity index (χ3n) is 7.41. The lowest BCUT2D eigenvalue weighted by molar-refractivity contribution is -0.121. The van der Waals surface area contributed by atoms with Gasteiger partial charge in [0, 0.05) is 71.4 Å². The van der Waals surface area contributed by atoms with Crippen LogP contribution >= 0.6 is 11.6 Å². The summed E-state index contributed by atoms with van der Waals surface area (Å²) < 4.78 is 5.50. The summed E-state index contributed by atoms with van der Waals surface area (Å²) in [4.78, 5) is 25.1. The van der Waals surface area contributed by atoms with Gasteiger partial charge in [0.15, 0.2) is 0 Å². The van der Waals surface area contributed by atoms with Crippen LogP contribution < -0.4 is 10.2 Å². The van der Waals surface area contributed by atoms with Crippen LogP contribution in [0.3, 0.4) is 0 Å². The molecule has 40 heavy (non-hydrogen) atoms. The van der Waals surface area contributed by atoms with Crippen LogP contribution in [0.25, 0.3) is 16.9 Å². The molecule has 0 radical (unpaired) electrons. The maximum absolute atomic E-state index is 13.7. The molecule has 2 aromatic carbocycles. The number of hydrogen-bond acceptors (Lipinski definition) is 6. The molecule has 2 aliphatic heterocycles. The van der Waals surface area contributed by atoms with Crippen molar-refractivity contribution in [3.8, 4) is 11.3 Å².